The Hall–Kier alpha value is -1.03. The zero-order valence-corrected chi connectivity index (χ0v) is 12.3. The number of anilines is 1. The Morgan fingerprint density at radius 2 is 2.17 bits per heavy atom. The van der Waals surface area contributed by atoms with Crippen molar-refractivity contribution in [3.63, 3.8) is 0 Å². The van der Waals surface area contributed by atoms with Gasteiger partial charge in [0.05, 0.1) is 5.69 Å². The lowest BCUT2D eigenvalue weighted by Crippen LogP contribution is -2.25. The fourth-order valence-corrected chi connectivity index (χ4v) is 2.99. The Morgan fingerprint density at radius 3 is 2.72 bits per heavy atom. The first-order valence-corrected chi connectivity index (χ1v) is 6.96. The van der Waals surface area contributed by atoms with Crippen LogP contribution in [0.4, 0.5) is 5.82 Å². The van der Waals surface area contributed by atoms with Crippen LogP contribution in [0.3, 0.4) is 0 Å². The summed E-state index contributed by atoms with van der Waals surface area (Å²) in [6, 6.07) is 0. The Kier molecular flexibility index (Phi) is 3.95. The highest BCUT2D eigenvalue weighted by atomic mass is 15.4. The molecule has 4 heteroatoms. The molecule has 1 aliphatic rings. The zero-order valence-electron chi connectivity index (χ0n) is 12.3. The van der Waals surface area contributed by atoms with Gasteiger partial charge in [-0.2, -0.15) is 5.10 Å². The molecule has 0 aliphatic carbocycles. The van der Waals surface area contributed by atoms with Gasteiger partial charge < -0.3 is 10.2 Å². The van der Waals surface area contributed by atoms with Crippen molar-refractivity contribution in [3.05, 3.63) is 11.3 Å². The van der Waals surface area contributed by atoms with Gasteiger partial charge in [0, 0.05) is 32.2 Å². The van der Waals surface area contributed by atoms with E-state index in [1.54, 1.807) is 0 Å². The van der Waals surface area contributed by atoms with Crippen LogP contribution in [0.2, 0.25) is 0 Å². The molecule has 1 aromatic heterocycles. The predicted octanol–water partition coefficient (Wildman–Crippen LogP) is 1.93. The van der Waals surface area contributed by atoms with Crippen molar-refractivity contribution < 1.29 is 0 Å². The van der Waals surface area contributed by atoms with Gasteiger partial charge in [-0.25, -0.2) is 0 Å². The second kappa shape index (κ2) is 5.31. The van der Waals surface area contributed by atoms with Gasteiger partial charge in [-0.3, -0.25) is 4.68 Å². The summed E-state index contributed by atoms with van der Waals surface area (Å²) in [7, 11) is 4.06. The zero-order chi connectivity index (χ0) is 13.3. The minimum atomic E-state index is 0.775. The molecule has 1 atom stereocenters. The maximum atomic E-state index is 4.58. The van der Waals surface area contributed by atoms with Gasteiger partial charge in [0.2, 0.25) is 0 Å². The van der Waals surface area contributed by atoms with Crippen LogP contribution in [0.15, 0.2) is 0 Å². The van der Waals surface area contributed by atoms with Crippen molar-refractivity contribution in [3.8, 4) is 0 Å². The van der Waals surface area contributed by atoms with E-state index in [2.05, 4.69) is 43.1 Å². The van der Waals surface area contributed by atoms with E-state index in [-0.39, 0.29) is 0 Å². The summed E-state index contributed by atoms with van der Waals surface area (Å²) in [5.74, 6) is 2.91. The molecule has 1 aromatic rings. The third kappa shape index (κ3) is 2.39. The molecule has 1 N–H and O–H groups in total. The number of hydrogen-bond acceptors (Lipinski definition) is 3. The normalized spacial score (nSPS) is 20.1. The Labute approximate surface area is 110 Å². The fourth-order valence-electron chi connectivity index (χ4n) is 2.99. The van der Waals surface area contributed by atoms with Crippen LogP contribution in [0.1, 0.15) is 31.5 Å². The summed E-state index contributed by atoms with van der Waals surface area (Å²) in [6.45, 7) is 10.0. The fraction of sp³-hybridized carbons (Fsp3) is 0.786. The quantitative estimate of drug-likeness (QED) is 0.886. The lowest BCUT2D eigenvalue weighted by Gasteiger charge is -2.21. The summed E-state index contributed by atoms with van der Waals surface area (Å²) >= 11 is 0. The van der Waals surface area contributed by atoms with Gasteiger partial charge in [-0.05, 0) is 32.2 Å². The van der Waals surface area contributed by atoms with Crippen LogP contribution in [-0.2, 0) is 13.6 Å². The monoisotopic (exact) mass is 250 g/mol. The van der Waals surface area contributed by atoms with Gasteiger partial charge in [0.15, 0.2) is 0 Å². The maximum Gasteiger partial charge on any atom is 0.131 e. The van der Waals surface area contributed by atoms with E-state index in [0.29, 0.717) is 0 Å². The van der Waals surface area contributed by atoms with Gasteiger partial charge in [0.25, 0.3) is 0 Å². The number of hydrogen-bond donors (Lipinski definition) is 1. The molecule has 0 aromatic carbocycles. The second-order valence-corrected chi connectivity index (χ2v) is 5.78. The highest BCUT2D eigenvalue weighted by Crippen LogP contribution is 2.31. The number of nitrogens with zero attached hydrogens (tertiary/aromatic N) is 3. The first-order valence-electron chi connectivity index (χ1n) is 6.96. The molecular formula is C14H26N4. The van der Waals surface area contributed by atoms with E-state index in [0.717, 1.165) is 24.1 Å². The highest BCUT2D eigenvalue weighted by molar-refractivity contribution is 5.51. The minimum absolute atomic E-state index is 0.775. The molecule has 1 unspecified atom stereocenters. The number of aromatic nitrogens is 2. The second-order valence-electron chi connectivity index (χ2n) is 5.78. The number of nitrogens with one attached hydrogen (secondary N) is 1. The van der Waals surface area contributed by atoms with Crippen molar-refractivity contribution in [2.75, 3.05) is 25.0 Å². The molecule has 18 heavy (non-hydrogen) atoms. The lowest BCUT2D eigenvalue weighted by atomic mass is 9.95. The van der Waals surface area contributed by atoms with E-state index < -0.39 is 0 Å². The topological polar surface area (TPSA) is 33.1 Å². The van der Waals surface area contributed by atoms with E-state index in [1.807, 2.05) is 11.7 Å². The molecule has 0 radical (unpaired) electrons. The van der Waals surface area contributed by atoms with Gasteiger partial charge in [-0.15, -0.1) is 0 Å². The standard InChI is InChI=1S/C14H26N4/c1-10(2)12-6-7-18(9-12)14-13(8-15-4)11(3)16-17(14)5/h10,12,15H,6-9H2,1-5H3. The van der Waals surface area contributed by atoms with Crippen molar-refractivity contribution in [1.29, 1.82) is 0 Å². The molecule has 1 fully saturated rings. The predicted molar refractivity (Wildman–Crippen MR) is 75.9 cm³/mol. The van der Waals surface area contributed by atoms with Crippen molar-refractivity contribution in [2.24, 2.45) is 18.9 Å². The smallest absolute Gasteiger partial charge is 0.131 e. The Morgan fingerprint density at radius 1 is 1.44 bits per heavy atom. The number of aryl methyl sites for hydroxylation is 2. The average Bonchev–Trinajstić information content (AvgIpc) is 2.86. The van der Waals surface area contributed by atoms with E-state index in [1.165, 1.54) is 30.9 Å². The third-order valence-electron chi connectivity index (χ3n) is 4.13. The molecule has 0 saturated carbocycles. The summed E-state index contributed by atoms with van der Waals surface area (Å²) in [6.07, 6.45) is 1.31. The average molecular weight is 250 g/mol. The molecule has 0 bridgehead atoms. The van der Waals surface area contributed by atoms with Crippen LogP contribution in [0.5, 0.6) is 0 Å². The minimum Gasteiger partial charge on any atom is -0.356 e. The van der Waals surface area contributed by atoms with Crippen molar-refractivity contribution in [1.82, 2.24) is 15.1 Å². The van der Waals surface area contributed by atoms with Gasteiger partial charge >= 0.3 is 0 Å². The van der Waals surface area contributed by atoms with Crippen LogP contribution in [0.25, 0.3) is 0 Å². The van der Waals surface area contributed by atoms with Crippen LogP contribution in [0, 0.1) is 18.8 Å². The van der Waals surface area contributed by atoms with Crippen molar-refractivity contribution in [2.45, 2.75) is 33.7 Å². The SMILES string of the molecule is CNCc1c(C)nn(C)c1N1CCC(C(C)C)C1. The lowest BCUT2D eigenvalue weighted by molar-refractivity contribution is 0.422. The van der Waals surface area contributed by atoms with E-state index in [4.69, 9.17) is 0 Å². The van der Waals surface area contributed by atoms with Gasteiger partial charge in [-0.1, -0.05) is 13.8 Å². The molecule has 102 valence electrons. The van der Waals surface area contributed by atoms with Crippen LogP contribution < -0.4 is 10.2 Å². The molecular weight excluding hydrogens is 224 g/mol. The molecule has 1 saturated heterocycles. The first-order chi connectivity index (χ1) is 8.54. The van der Waals surface area contributed by atoms with Crippen molar-refractivity contribution >= 4 is 5.82 Å². The molecule has 2 heterocycles. The highest BCUT2D eigenvalue weighted by Gasteiger charge is 2.28. The molecule has 0 spiro atoms. The molecule has 0 amide bonds. The molecule has 2 rings (SSSR count). The molecule has 1 aliphatic heterocycles. The van der Waals surface area contributed by atoms with Gasteiger partial charge in [0.1, 0.15) is 5.82 Å². The number of rotatable bonds is 4. The summed E-state index contributed by atoms with van der Waals surface area (Å²) < 4.78 is 2.05. The third-order valence-corrected chi connectivity index (χ3v) is 4.13. The Bertz CT molecular complexity index is 408. The van der Waals surface area contributed by atoms with E-state index in [9.17, 15) is 0 Å². The molecule has 4 nitrogen and oxygen atoms in total. The van der Waals surface area contributed by atoms with Crippen LogP contribution >= 0.6 is 0 Å². The van der Waals surface area contributed by atoms with Crippen LogP contribution in [-0.4, -0.2) is 29.9 Å². The summed E-state index contributed by atoms with van der Waals surface area (Å²) in [5, 5.41) is 7.84. The van der Waals surface area contributed by atoms with E-state index >= 15 is 0 Å². The summed E-state index contributed by atoms with van der Waals surface area (Å²) in [5.41, 5.74) is 2.50. The maximum absolute atomic E-state index is 4.58. The summed E-state index contributed by atoms with van der Waals surface area (Å²) in [4.78, 5) is 2.51. The largest absolute Gasteiger partial charge is 0.356 e. The Balaban J connectivity index is 2.23. The first kappa shape index (κ1) is 13.4.